The molecule has 2 heterocycles. The summed E-state index contributed by atoms with van der Waals surface area (Å²) >= 11 is 0. The van der Waals surface area contributed by atoms with Gasteiger partial charge < -0.3 is 14.6 Å². The Bertz CT molecular complexity index is 1290. The van der Waals surface area contributed by atoms with Crippen molar-refractivity contribution < 1.29 is 13.9 Å². The minimum absolute atomic E-state index is 0.101. The van der Waals surface area contributed by atoms with Gasteiger partial charge in [0.2, 0.25) is 0 Å². The number of aromatic nitrogens is 4. The molecule has 5 rings (SSSR count). The number of anilines is 1. The SMILES string of the molecule is CC[C@@H]1CCC[C@H](F)[C@H](N(c2cnc(-c3ccc(-c4cc(=O)n(C)cc4F)cc3O)nn2)C2CC2)C1. The lowest BCUT2D eigenvalue weighted by molar-refractivity contribution is 0.247. The van der Waals surface area contributed by atoms with E-state index in [1.807, 2.05) is 0 Å². The van der Waals surface area contributed by atoms with Crippen LogP contribution in [0.2, 0.25) is 0 Å². The fourth-order valence-electron chi connectivity index (χ4n) is 5.26. The summed E-state index contributed by atoms with van der Waals surface area (Å²) < 4.78 is 30.8. The first-order chi connectivity index (χ1) is 17.4. The van der Waals surface area contributed by atoms with Gasteiger partial charge in [0.15, 0.2) is 11.6 Å². The van der Waals surface area contributed by atoms with Crippen LogP contribution in [-0.2, 0) is 7.05 Å². The highest BCUT2D eigenvalue weighted by molar-refractivity contribution is 5.73. The van der Waals surface area contributed by atoms with E-state index in [1.54, 1.807) is 18.3 Å². The standard InChI is InChI=1S/C27H31F2N5O2/c1-3-16-5-4-6-21(28)23(11-16)34(18-8-9-18)25-14-30-27(32-31-25)19-10-7-17(12-24(19)35)20-13-26(36)33(2)15-22(20)29/h7,10,12-16,18,21,23,35H,3-6,8-9,11H2,1-2H3/t16-,21+,23-/m1/s1. The van der Waals surface area contributed by atoms with Crippen LogP contribution in [0.5, 0.6) is 5.75 Å². The molecule has 190 valence electrons. The number of phenolic OH excluding ortho intramolecular Hbond substituents is 1. The molecule has 0 radical (unpaired) electrons. The zero-order valence-electron chi connectivity index (χ0n) is 20.6. The molecule has 2 aliphatic carbocycles. The number of hydrogen-bond acceptors (Lipinski definition) is 6. The molecule has 0 bridgehead atoms. The predicted octanol–water partition coefficient (Wildman–Crippen LogP) is 5.02. The molecular formula is C27H31F2N5O2. The number of hydrogen-bond donors (Lipinski definition) is 1. The van der Waals surface area contributed by atoms with Gasteiger partial charge in [0.05, 0.1) is 17.8 Å². The monoisotopic (exact) mass is 495 g/mol. The molecule has 3 aromatic rings. The van der Waals surface area contributed by atoms with E-state index in [0.717, 1.165) is 49.3 Å². The smallest absolute Gasteiger partial charge is 0.251 e. The summed E-state index contributed by atoms with van der Waals surface area (Å²) in [5, 5.41) is 19.3. The van der Waals surface area contributed by atoms with Gasteiger partial charge >= 0.3 is 0 Å². The van der Waals surface area contributed by atoms with Gasteiger partial charge in [-0.25, -0.2) is 13.8 Å². The lowest BCUT2D eigenvalue weighted by atomic mass is 9.94. The summed E-state index contributed by atoms with van der Waals surface area (Å²) in [6.45, 7) is 2.17. The zero-order valence-corrected chi connectivity index (χ0v) is 20.6. The Kier molecular flexibility index (Phi) is 6.73. The molecule has 2 saturated carbocycles. The molecule has 36 heavy (non-hydrogen) atoms. The number of aryl methyl sites for hydroxylation is 1. The third-order valence-corrected chi connectivity index (χ3v) is 7.50. The highest BCUT2D eigenvalue weighted by Crippen LogP contribution is 2.39. The Morgan fingerprint density at radius 3 is 2.61 bits per heavy atom. The van der Waals surface area contributed by atoms with Gasteiger partial charge in [0, 0.05) is 30.9 Å². The predicted molar refractivity (Wildman–Crippen MR) is 134 cm³/mol. The van der Waals surface area contributed by atoms with E-state index in [0.29, 0.717) is 29.3 Å². The van der Waals surface area contributed by atoms with Crippen molar-refractivity contribution in [2.45, 2.75) is 70.1 Å². The highest BCUT2D eigenvalue weighted by Gasteiger charge is 2.40. The van der Waals surface area contributed by atoms with Crippen molar-refractivity contribution in [3.8, 4) is 28.3 Å². The molecule has 0 aliphatic heterocycles. The molecule has 3 atom stereocenters. The van der Waals surface area contributed by atoms with Crippen LogP contribution in [0.3, 0.4) is 0 Å². The van der Waals surface area contributed by atoms with Crippen molar-refractivity contribution >= 4 is 5.82 Å². The van der Waals surface area contributed by atoms with Crippen LogP contribution in [0.4, 0.5) is 14.6 Å². The van der Waals surface area contributed by atoms with Crippen LogP contribution in [0.25, 0.3) is 22.5 Å². The second-order valence-corrected chi connectivity index (χ2v) is 10.0. The first kappa shape index (κ1) is 24.3. The quantitative estimate of drug-likeness (QED) is 0.483. The van der Waals surface area contributed by atoms with Crippen molar-refractivity contribution in [1.29, 1.82) is 0 Å². The number of pyridine rings is 1. The molecule has 2 fully saturated rings. The number of nitrogens with zero attached hydrogens (tertiary/aromatic N) is 5. The van der Waals surface area contributed by atoms with Gasteiger partial charge in [-0.3, -0.25) is 4.79 Å². The van der Waals surface area contributed by atoms with Crippen molar-refractivity contribution in [3.63, 3.8) is 0 Å². The van der Waals surface area contributed by atoms with E-state index in [-0.39, 0.29) is 34.8 Å². The van der Waals surface area contributed by atoms with E-state index in [4.69, 9.17) is 0 Å². The summed E-state index contributed by atoms with van der Waals surface area (Å²) in [5.41, 5.74) is 0.449. The molecule has 0 amide bonds. The third-order valence-electron chi connectivity index (χ3n) is 7.50. The largest absolute Gasteiger partial charge is 0.507 e. The van der Waals surface area contributed by atoms with Gasteiger partial charge in [-0.15, -0.1) is 10.2 Å². The molecule has 2 aliphatic rings. The van der Waals surface area contributed by atoms with Crippen LogP contribution in [0, 0.1) is 11.7 Å². The Morgan fingerprint density at radius 2 is 1.94 bits per heavy atom. The molecular weight excluding hydrogens is 464 g/mol. The van der Waals surface area contributed by atoms with Crippen molar-refractivity contribution in [2.75, 3.05) is 4.90 Å². The first-order valence-electron chi connectivity index (χ1n) is 12.7. The normalized spacial score (nSPS) is 22.3. The number of alkyl halides is 1. The summed E-state index contributed by atoms with van der Waals surface area (Å²) in [6.07, 6.45) is 8.20. The fourth-order valence-corrected chi connectivity index (χ4v) is 5.26. The van der Waals surface area contributed by atoms with Crippen molar-refractivity contribution in [3.05, 3.63) is 52.8 Å². The lowest BCUT2D eigenvalue weighted by Gasteiger charge is -2.35. The summed E-state index contributed by atoms with van der Waals surface area (Å²) in [7, 11) is 1.47. The van der Waals surface area contributed by atoms with Gasteiger partial charge in [-0.1, -0.05) is 32.3 Å². The molecule has 0 spiro atoms. The fraction of sp³-hybridized carbons (Fsp3) is 0.481. The van der Waals surface area contributed by atoms with E-state index >= 15 is 4.39 Å². The first-order valence-corrected chi connectivity index (χ1v) is 12.7. The van der Waals surface area contributed by atoms with Gasteiger partial charge in [-0.05, 0) is 49.3 Å². The Labute approximate surface area is 208 Å². The topological polar surface area (TPSA) is 84.1 Å². The average molecular weight is 496 g/mol. The molecule has 1 aromatic carbocycles. The Balaban J connectivity index is 1.42. The number of rotatable bonds is 6. The minimum atomic E-state index is -0.907. The summed E-state index contributed by atoms with van der Waals surface area (Å²) in [6, 6.07) is 5.78. The number of phenols is 1. The van der Waals surface area contributed by atoms with Crippen LogP contribution in [0.15, 0.2) is 41.5 Å². The van der Waals surface area contributed by atoms with Crippen molar-refractivity contribution in [2.24, 2.45) is 13.0 Å². The number of aromatic hydroxyl groups is 1. The molecule has 0 saturated heterocycles. The number of halogens is 2. The minimum Gasteiger partial charge on any atom is -0.507 e. The highest BCUT2D eigenvalue weighted by atomic mass is 19.1. The molecule has 7 nitrogen and oxygen atoms in total. The lowest BCUT2D eigenvalue weighted by Crippen LogP contribution is -2.44. The van der Waals surface area contributed by atoms with Crippen LogP contribution in [0.1, 0.15) is 51.9 Å². The molecule has 2 aromatic heterocycles. The van der Waals surface area contributed by atoms with E-state index in [2.05, 4.69) is 27.0 Å². The van der Waals surface area contributed by atoms with Crippen LogP contribution in [-0.4, -0.2) is 43.1 Å². The van der Waals surface area contributed by atoms with E-state index < -0.39 is 12.0 Å². The molecule has 9 heteroatoms. The molecule has 0 unspecified atom stereocenters. The van der Waals surface area contributed by atoms with E-state index in [9.17, 15) is 14.3 Å². The Morgan fingerprint density at radius 1 is 1.14 bits per heavy atom. The maximum absolute atomic E-state index is 15.2. The van der Waals surface area contributed by atoms with Crippen LogP contribution >= 0.6 is 0 Å². The second kappa shape index (κ2) is 9.95. The van der Waals surface area contributed by atoms with E-state index in [1.165, 1.54) is 19.2 Å². The second-order valence-electron chi connectivity index (χ2n) is 10.0. The maximum Gasteiger partial charge on any atom is 0.251 e. The maximum atomic E-state index is 15.2. The summed E-state index contributed by atoms with van der Waals surface area (Å²) in [5.74, 6) is 0.555. The zero-order chi connectivity index (χ0) is 25.4. The molecule has 1 N–H and O–H groups in total. The summed E-state index contributed by atoms with van der Waals surface area (Å²) in [4.78, 5) is 18.5. The van der Waals surface area contributed by atoms with Gasteiger partial charge in [0.1, 0.15) is 17.7 Å². The number of benzene rings is 1. The Hall–Kier alpha value is -3.36. The van der Waals surface area contributed by atoms with Gasteiger partial charge in [-0.2, -0.15) is 0 Å². The van der Waals surface area contributed by atoms with Crippen molar-refractivity contribution in [1.82, 2.24) is 19.7 Å². The van der Waals surface area contributed by atoms with Crippen LogP contribution < -0.4 is 10.5 Å². The average Bonchev–Trinajstić information content (AvgIpc) is 3.71. The van der Waals surface area contributed by atoms with Gasteiger partial charge in [0.25, 0.3) is 5.56 Å². The third kappa shape index (κ3) is 4.83.